The predicted molar refractivity (Wildman–Crippen MR) is 211 cm³/mol. The number of carbonyl (C=O) groups excluding carboxylic acids is 4. The number of aromatic nitrogens is 4. The second-order valence-corrected chi connectivity index (χ2v) is 17.5. The molecule has 0 bridgehead atoms. The molecule has 0 unspecified atom stereocenters. The molecule has 10 rings (SSSR count). The maximum absolute atomic E-state index is 13.7. The van der Waals surface area contributed by atoms with E-state index in [4.69, 9.17) is 32.7 Å². The molecule has 4 aromatic rings. The highest BCUT2D eigenvalue weighted by Crippen LogP contribution is 2.45. The molecule has 2 aliphatic carbocycles. The van der Waals surface area contributed by atoms with Crippen LogP contribution in [0.15, 0.2) is 24.5 Å². The summed E-state index contributed by atoms with van der Waals surface area (Å²) in [6.45, 7) is 1.38. The number of hydrogen-bond acceptors (Lipinski definition) is 10. The third-order valence-corrected chi connectivity index (χ3v) is 13.3. The number of aliphatic hydroxyl groups is 2. The molecule has 344 valence electrons. The number of nitrogens with zero attached hydrogens (tertiary/aromatic N) is 8. The highest BCUT2D eigenvalue weighted by Gasteiger charge is 2.44. The number of halogens is 8. The van der Waals surface area contributed by atoms with E-state index < -0.39 is 83.1 Å². The third-order valence-electron chi connectivity index (χ3n) is 12.5. The third kappa shape index (κ3) is 8.25. The number of ether oxygens (including phenoxy) is 2. The van der Waals surface area contributed by atoms with Crippen molar-refractivity contribution in [2.75, 3.05) is 52.5 Å². The Morgan fingerprint density at radius 1 is 0.625 bits per heavy atom. The highest BCUT2D eigenvalue weighted by molar-refractivity contribution is 6.33. The number of pyridine rings is 2. The van der Waals surface area contributed by atoms with E-state index >= 15 is 0 Å². The summed E-state index contributed by atoms with van der Waals surface area (Å²) in [4.78, 5) is 63.1. The lowest BCUT2D eigenvalue weighted by Crippen LogP contribution is -2.55. The predicted octanol–water partition coefficient (Wildman–Crippen LogP) is 5.82. The molecule has 4 atom stereocenters. The Kier molecular flexibility index (Phi) is 11.3. The van der Waals surface area contributed by atoms with Crippen LogP contribution in [-0.2, 0) is 21.8 Å². The molecule has 2 saturated carbocycles. The quantitative estimate of drug-likeness (QED) is 0.224. The molecule has 4 saturated heterocycles. The molecule has 0 spiro atoms. The molecule has 6 fully saturated rings. The van der Waals surface area contributed by atoms with Crippen molar-refractivity contribution < 1.29 is 65.2 Å². The van der Waals surface area contributed by atoms with Crippen LogP contribution in [0.2, 0.25) is 10.3 Å². The number of cyclic esters (lactones) is 2. The number of carbonyl (C=O) groups is 4. The van der Waals surface area contributed by atoms with Crippen molar-refractivity contribution in [2.24, 2.45) is 0 Å². The number of fused-ring (bicyclic) bond motifs is 2. The van der Waals surface area contributed by atoms with Crippen LogP contribution in [0.25, 0.3) is 11.3 Å². The van der Waals surface area contributed by atoms with Crippen molar-refractivity contribution in [3.05, 3.63) is 68.5 Å². The van der Waals surface area contributed by atoms with Gasteiger partial charge in [-0.3, -0.25) is 28.2 Å². The summed E-state index contributed by atoms with van der Waals surface area (Å²) in [5.41, 5.74) is -2.29. The van der Waals surface area contributed by atoms with Gasteiger partial charge < -0.3 is 29.5 Å². The van der Waals surface area contributed by atoms with Gasteiger partial charge in [0, 0.05) is 38.6 Å². The van der Waals surface area contributed by atoms with Crippen molar-refractivity contribution in [3.63, 3.8) is 0 Å². The minimum atomic E-state index is -4.65. The summed E-state index contributed by atoms with van der Waals surface area (Å²) in [5.74, 6) is -1.24. The minimum absolute atomic E-state index is 0.0459. The van der Waals surface area contributed by atoms with Crippen LogP contribution in [0.3, 0.4) is 0 Å². The highest BCUT2D eigenvalue weighted by atomic mass is 35.5. The van der Waals surface area contributed by atoms with Crippen molar-refractivity contribution in [2.45, 2.75) is 87.0 Å². The molecule has 0 aromatic carbocycles. The zero-order valence-corrected chi connectivity index (χ0v) is 35.1. The maximum atomic E-state index is 13.7. The Balaban J connectivity index is 0.000000162. The smallest absolute Gasteiger partial charge is 0.419 e. The fraction of sp³-hybridized carbons (Fsp3) is 0.550. The van der Waals surface area contributed by atoms with Gasteiger partial charge in [-0.05, 0) is 73.6 Å². The fourth-order valence-electron chi connectivity index (χ4n) is 8.89. The van der Waals surface area contributed by atoms with E-state index in [1.165, 1.54) is 32.0 Å². The SMILES string of the molecule is O=C(c1nc2c(C(F)(F)F)cc(C3CC3)cn2c1Cl)N1CC[C@@H](N2CCOC2=O)[C@@H](O)C1.O=C(c1nc2c(C(F)(F)F)cc(C3CC3)cn2c1Cl)N1CC[C@H](N2CCOC2=O)[C@H](O)C1. The van der Waals surface area contributed by atoms with Crippen molar-refractivity contribution in [3.8, 4) is 0 Å². The Morgan fingerprint density at radius 3 is 1.30 bits per heavy atom. The summed E-state index contributed by atoms with van der Waals surface area (Å²) >= 11 is 12.7. The van der Waals surface area contributed by atoms with Crippen molar-refractivity contribution in [1.82, 2.24) is 38.4 Å². The monoisotopic (exact) mass is 944 g/mol. The molecule has 0 radical (unpaired) electrons. The van der Waals surface area contributed by atoms with E-state index in [9.17, 15) is 55.7 Å². The zero-order valence-electron chi connectivity index (χ0n) is 33.6. The molecular formula is C40H40Cl2F6N8O8. The number of aliphatic hydroxyl groups excluding tert-OH is 2. The first kappa shape index (κ1) is 44.2. The van der Waals surface area contributed by atoms with Crippen LogP contribution < -0.4 is 0 Å². The average Bonchev–Trinajstić information content (AvgIpc) is 4.14. The summed E-state index contributed by atoms with van der Waals surface area (Å²) < 4.78 is 94.2. The van der Waals surface area contributed by atoms with E-state index in [-0.39, 0.29) is 72.9 Å². The Hall–Kier alpha value is -5.06. The molecule has 8 heterocycles. The molecule has 64 heavy (non-hydrogen) atoms. The summed E-state index contributed by atoms with van der Waals surface area (Å²) in [6.07, 6.45) is -5.55. The van der Waals surface area contributed by atoms with E-state index in [2.05, 4.69) is 9.97 Å². The first-order chi connectivity index (χ1) is 30.3. The van der Waals surface area contributed by atoms with Crippen LogP contribution in [0.1, 0.15) is 93.6 Å². The van der Waals surface area contributed by atoms with Gasteiger partial charge in [0.2, 0.25) is 0 Å². The van der Waals surface area contributed by atoms with Crippen molar-refractivity contribution >= 4 is 58.5 Å². The second-order valence-electron chi connectivity index (χ2n) is 16.8. The van der Waals surface area contributed by atoms with Crippen LogP contribution in [0, 0.1) is 0 Å². The van der Waals surface area contributed by atoms with E-state index in [0.29, 0.717) is 37.1 Å². The van der Waals surface area contributed by atoms with Gasteiger partial charge >= 0.3 is 24.5 Å². The normalized spacial score (nSPS) is 24.3. The fourth-order valence-corrected chi connectivity index (χ4v) is 9.40. The number of likely N-dealkylation sites (tertiary alicyclic amines) is 2. The zero-order chi connectivity index (χ0) is 45.6. The molecule has 4 aliphatic heterocycles. The lowest BCUT2D eigenvalue weighted by molar-refractivity contribution is -0.137. The van der Waals surface area contributed by atoms with Crippen LogP contribution in [0.4, 0.5) is 35.9 Å². The van der Waals surface area contributed by atoms with Crippen LogP contribution in [-0.4, -0.2) is 149 Å². The van der Waals surface area contributed by atoms with E-state index in [0.717, 1.165) is 46.6 Å². The Bertz CT molecular complexity index is 2370. The van der Waals surface area contributed by atoms with Gasteiger partial charge in [-0.25, -0.2) is 19.6 Å². The average molecular weight is 946 g/mol. The summed E-state index contributed by atoms with van der Waals surface area (Å²) in [6, 6.07) is 1.16. The number of piperidine rings is 2. The summed E-state index contributed by atoms with van der Waals surface area (Å²) in [7, 11) is 0. The van der Waals surface area contributed by atoms with Crippen LogP contribution in [0.5, 0.6) is 0 Å². The lowest BCUT2D eigenvalue weighted by Gasteiger charge is -2.38. The molecule has 2 N–H and O–H groups in total. The Morgan fingerprint density at radius 2 is 1.00 bits per heavy atom. The first-order valence-electron chi connectivity index (χ1n) is 20.7. The van der Waals surface area contributed by atoms with Gasteiger partial charge in [-0.1, -0.05) is 23.2 Å². The van der Waals surface area contributed by atoms with Gasteiger partial charge in [0.05, 0.1) is 48.5 Å². The molecule has 4 aromatic heterocycles. The number of amides is 4. The number of β-amino-alcohol motifs (C(OH)–C–C–N with tert-alkyl or cyclic N) is 2. The van der Waals surface area contributed by atoms with Gasteiger partial charge in [-0.15, -0.1) is 0 Å². The molecule has 16 nitrogen and oxygen atoms in total. The first-order valence-corrected chi connectivity index (χ1v) is 21.4. The lowest BCUT2D eigenvalue weighted by atomic mass is 10.00. The number of alkyl halides is 6. The largest absolute Gasteiger partial charge is 0.448 e. The number of rotatable bonds is 6. The molecule has 6 aliphatic rings. The Labute approximate surface area is 369 Å². The number of hydrogen-bond donors (Lipinski definition) is 2. The summed E-state index contributed by atoms with van der Waals surface area (Å²) in [5, 5.41) is 20.7. The maximum Gasteiger partial charge on any atom is 0.419 e. The standard InChI is InChI=1S/2C20H20ClF3N4O4/c2*21-16-15(18(30)26-4-3-13(14(29)9-26)27-5-6-32-19(27)31)25-17-12(20(22,23)24)7-11(8-28(16)17)10-1-2-10/h2*7-8,10,13-14,29H,1-6,9H2/t2*13-,14+/m10/s1. The molecule has 24 heteroatoms. The van der Waals surface area contributed by atoms with E-state index in [1.54, 1.807) is 0 Å². The minimum Gasteiger partial charge on any atom is -0.448 e. The van der Waals surface area contributed by atoms with Gasteiger partial charge in [0.25, 0.3) is 11.8 Å². The van der Waals surface area contributed by atoms with Crippen LogP contribution >= 0.6 is 23.2 Å². The van der Waals surface area contributed by atoms with E-state index in [1.807, 2.05) is 0 Å². The van der Waals surface area contributed by atoms with Crippen molar-refractivity contribution in [1.29, 1.82) is 0 Å². The second kappa shape index (κ2) is 16.4. The van der Waals surface area contributed by atoms with Gasteiger partial charge in [0.15, 0.2) is 22.7 Å². The van der Waals surface area contributed by atoms with Gasteiger partial charge in [-0.2, -0.15) is 26.3 Å². The molecular weight excluding hydrogens is 905 g/mol. The topological polar surface area (TPSA) is 175 Å². The molecule has 4 amide bonds. The number of imidazole rings is 2. The van der Waals surface area contributed by atoms with Gasteiger partial charge in [0.1, 0.15) is 23.5 Å².